The molecule has 188 valence electrons. The SMILES string of the molecule is CC(C)(C)OC(=O)/C(C=N)=C/C(=N)N(Cc1ccc(C(=N)NC(=O)C(F)(F)F)s1)C1=CN=CCN1. The number of halogens is 3. The first-order valence-corrected chi connectivity index (χ1v) is 10.9. The van der Waals surface area contributed by atoms with E-state index < -0.39 is 29.5 Å². The van der Waals surface area contributed by atoms with Gasteiger partial charge in [-0.1, -0.05) is 0 Å². The number of esters is 1. The number of aliphatic imine (C=N–C) groups is 1. The molecule has 14 heteroatoms. The van der Waals surface area contributed by atoms with Gasteiger partial charge in [-0.25, -0.2) is 4.79 Å². The highest BCUT2D eigenvalue weighted by Gasteiger charge is 2.39. The molecule has 10 nitrogen and oxygen atoms in total. The maximum absolute atomic E-state index is 12.5. The Morgan fingerprint density at radius 3 is 2.51 bits per heavy atom. The normalized spacial score (nSPS) is 13.9. The fourth-order valence-electron chi connectivity index (χ4n) is 2.56. The Kier molecular flexibility index (Phi) is 8.68. The standard InChI is InChI=1S/C21H24F3N7O3S/c1-20(2,3)34-18(32)12(9-25)8-15(26)31(16-10-28-6-7-29-16)11-13-4-5-14(35-13)17(27)30-19(33)21(22,23)24/h4-6,8-10,25-26,29H,7,11H2,1-3H3,(H2,27,30,33)/b12-8+,25-9?,26-15?. The third-order valence-corrected chi connectivity index (χ3v) is 5.15. The number of amidine groups is 2. The Morgan fingerprint density at radius 2 is 1.97 bits per heavy atom. The number of rotatable bonds is 7. The minimum atomic E-state index is -5.12. The molecular formula is C21H24F3N7O3S. The van der Waals surface area contributed by atoms with Crippen LogP contribution in [0.3, 0.4) is 0 Å². The molecule has 1 amide bonds. The van der Waals surface area contributed by atoms with Crippen LogP contribution in [0.1, 0.15) is 30.5 Å². The van der Waals surface area contributed by atoms with Gasteiger partial charge in [-0.05, 0) is 39.0 Å². The second-order valence-corrected chi connectivity index (χ2v) is 9.21. The van der Waals surface area contributed by atoms with Crippen molar-refractivity contribution in [2.45, 2.75) is 39.1 Å². The van der Waals surface area contributed by atoms with Crippen LogP contribution in [0.5, 0.6) is 0 Å². The van der Waals surface area contributed by atoms with Crippen LogP contribution in [0.15, 0.2) is 40.8 Å². The average molecular weight is 512 g/mol. The molecule has 1 aromatic rings. The molecule has 5 N–H and O–H groups in total. The first-order valence-electron chi connectivity index (χ1n) is 10.0. The van der Waals surface area contributed by atoms with E-state index in [4.69, 9.17) is 21.0 Å². The van der Waals surface area contributed by atoms with Crippen molar-refractivity contribution in [2.24, 2.45) is 4.99 Å². The average Bonchev–Trinajstić information content (AvgIpc) is 3.23. The van der Waals surface area contributed by atoms with Crippen molar-refractivity contribution < 1.29 is 27.5 Å². The van der Waals surface area contributed by atoms with Crippen LogP contribution < -0.4 is 10.6 Å². The van der Waals surface area contributed by atoms with E-state index >= 15 is 0 Å². The molecule has 0 aromatic carbocycles. The van der Waals surface area contributed by atoms with E-state index in [-0.39, 0.29) is 22.8 Å². The molecule has 0 radical (unpaired) electrons. The summed E-state index contributed by atoms with van der Waals surface area (Å²) in [6.07, 6.45) is -0.148. The molecular weight excluding hydrogens is 487 g/mol. The van der Waals surface area contributed by atoms with Gasteiger partial charge in [-0.15, -0.1) is 11.3 Å². The summed E-state index contributed by atoms with van der Waals surface area (Å²) in [4.78, 5) is 29.6. The van der Waals surface area contributed by atoms with Crippen molar-refractivity contribution in [2.75, 3.05) is 6.54 Å². The quantitative estimate of drug-likeness (QED) is 0.165. The van der Waals surface area contributed by atoms with Gasteiger partial charge in [0, 0.05) is 17.3 Å². The molecule has 0 aliphatic carbocycles. The molecule has 2 rings (SSSR count). The van der Waals surface area contributed by atoms with E-state index in [1.807, 2.05) is 0 Å². The van der Waals surface area contributed by atoms with Crippen molar-refractivity contribution in [1.29, 1.82) is 16.2 Å². The highest BCUT2D eigenvalue weighted by molar-refractivity contribution is 7.14. The Bertz CT molecular complexity index is 1110. The first-order chi connectivity index (χ1) is 16.2. The lowest BCUT2D eigenvalue weighted by atomic mass is 10.2. The summed E-state index contributed by atoms with van der Waals surface area (Å²) >= 11 is 0.947. The van der Waals surface area contributed by atoms with Gasteiger partial charge in [0.2, 0.25) is 0 Å². The Labute approximate surface area is 203 Å². The highest BCUT2D eigenvalue weighted by atomic mass is 32.1. The Balaban J connectivity index is 2.28. The predicted molar refractivity (Wildman–Crippen MR) is 126 cm³/mol. The van der Waals surface area contributed by atoms with Gasteiger partial charge < -0.3 is 25.7 Å². The maximum atomic E-state index is 12.5. The molecule has 1 aliphatic rings. The number of carbonyl (C=O) groups excluding carboxylic acids is 2. The molecule has 1 aliphatic heterocycles. The van der Waals surface area contributed by atoms with Crippen LogP contribution in [0, 0.1) is 16.2 Å². The number of hydrogen-bond acceptors (Lipinski definition) is 9. The fraction of sp³-hybridized carbons (Fsp3) is 0.333. The Hall–Kier alpha value is -3.81. The highest BCUT2D eigenvalue weighted by Crippen LogP contribution is 2.22. The maximum Gasteiger partial charge on any atom is 0.471 e. The second-order valence-electron chi connectivity index (χ2n) is 8.04. The first kappa shape index (κ1) is 27.4. The van der Waals surface area contributed by atoms with E-state index in [0.717, 1.165) is 23.6 Å². The van der Waals surface area contributed by atoms with Gasteiger partial charge in [-0.3, -0.25) is 20.6 Å². The molecule has 0 atom stereocenters. The minimum Gasteiger partial charge on any atom is -0.456 e. The van der Waals surface area contributed by atoms with Gasteiger partial charge in [0.05, 0.1) is 29.7 Å². The summed E-state index contributed by atoms with van der Waals surface area (Å²) in [6, 6.07) is 2.91. The lowest BCUT2D eigenvalue weighted by Gasteiger charge is -2.27. The van der Waals surface area contributed by atoms with Crippen molar-refractivity contribution >= 4 is 47.3 Å². The zero-order chi connectivity index (χ0) is 26.4. The lowest BCUT2D eigenvalue weighted by molar-refractivity contribution is -0.171. The van der Waals surface area contributed by atoms with Crippen LogP contribution >= 0.6 is 11.3 Å². The van der Waals surface area contributed by atoms with Gasteiger partial charge in [0.1, 0.15) is 23.1 Å². The topological polar surface area (TPSA) is 155 Å². The van der Waals surface area contributed by atoms with Crippen molar-refractivity contribution in [3.63, 3.8) is 0 Å². The number of nitrogens with one attached hydrogen (secondary N) is 5. The molecule has 35 heavy (non-hydrogen) atoms. The van der Waals surface area contributed by atoms with Crippen LogP contribution in [-0.2, 0) is 20.9 Å². The molecule has 0 spiro atoms. The summed E-state index contributed by atoms with van der Waals surface area (Å²) in [7, 11) is 0. The number of hydrogen-bond donors (Lipinski definition) is 5. The van der Waals surface area contributed by atoms with E-state index in [0.29, 0.717) is 17.2 Å². The second kappa shape index (κ2) is 11.1. The fourth-order valence-corrected chi connectivity index (χ4v) is 3.46. The number of ether oxygens (including phenoxy) is 1. The zero-order valence-corrected chi connectivity index (χ0v) is 19.9. The van der Waals surface area contributed by atoms with Crippen LogP contribution in [0.25, 0.3) is 0 Å². The molecule has 0 unspecified atom stereocenters. The van der Waals surface area contributed by atoms with E-state index in [1.54, 1.807) is 27.0 Å². The summed E-state index contributed by atoms with van der Waals surface area (Å²) in [6.45, 7) is 5.40. The third kappa shape index (κ3) is 8.17. The number of thiophene rings is 1. The molecule has 0 bridgehead atoms. The lowest BCUT2D eigenvalue weighted by Crippen LogP contribution is -2.40. The molecule has 2 heterocycles. The van der Waals surface area contributed by atoms with Crippen molar-refractivity contribution in [3.8, 4) is 0 Å². The molecule has 0 fully saturated rings. The number of amides is 1. The molecule has 0 saturated heterocycles. The minimum absolute atomic E-state index is 0.0223. The van der Waals surface area contributed by atoms with Gasteiger partial charge in [0.25, 0.3) is 0 Å². The van der Waals surface area contributed by atoms with Crippen LogP contribution in [0.4, 0.5) is 13.2 Å². The predicted octanol–water partition coefficient (Wildman–Crippen LogP) is 2.92. The Morgan fingerprint density at radius 1 is 1.29 bits per heavy atom. The largest absolute Gasteiger partial charge is 0.471 e. The number of alkyl halides is 3. The molecule has 0 saturated carbocycles. The van der Waals surface area contributed by atoms with Crippen LogP contribution in [0.2, 0.25) is 0 Å². The monoisotopic (exact) mass is 511 g/mol. The zero-order valence-electron chi connectivity index (χ0n) is 19.0. The van der Waals surface area contributed by atoms with Crippen molar-refractivity contribution in [1.82, 2.24) is 15.5 Å². The number of carbonyl (C=O) groups is 2. The molecule has 1 aromatic heterocycles. The third-order valence-electron chi connectivity index (χ3n) is 4.06. The number of nitrogens with zero attached hydrogens (tertiary/aromatic N) is 2. The van der Waals surface area contributed by atoms with Gasteiger partial charge >= 0.3 is 18.1 Å². The summed E-state index contributed by atoms with van der Waals surface area (Å²) in [5.74, 6) is -3.53. The van der Waals surface area contributed by atoms with Crippen molar-refractivity contribution in [3.05, 3.63) is 45.6 Å². The van der Waals surface area contributed by atoms with Gasteiger partial charge in [0.15, 0.2) is 0 Å². The van der Waals surface area contributed by atoms with E-state index in [2.05, 4.69) is 10.3 Å². The van der Waals surface area contributed by atoms with Gasteiger partial charge in [-0.2, -0.15) is 13.2 Å². The summed E-state index contributed by atoms with van der Waals surface area (Å²) in [5, 5.41) is 28.3. The smallest absolute Gasteiger partial charge is 0.456 e. The van der Waals surface area contributed by atoms with E-state index in [1.165, 1.54) is 28.5 Å². The van der Waals surface area contributed by atoms with Crippen LogP contribution in [-0.4, -0.2) is 59.2 Å². The van der Waals surface area contributed by atoms with E-state index in [9.17, 15) is 22.8 Å². The summed E-state index contributed by atoms with van der Waals surface area (Å²) < 4.78 is 42.6. The summed E-state index contributed by atoms with van der Waals surface area (Å²) in [5.41, 5.74) is -0.971.